The monoisotopic (exact) mass is 419 g/mol. The first-order chi connectivity index (χ1) is 15.3. The predicted molar refractivity (Wildman–Crippen MR) is 120 cm³/mol. The fraction of sp³-hybridized carbons (Fsp3) is 0.417. The van der Waals surface area contributed by atoms with Gasteiger partial charge in [-0.05, 0) is 23.8 Å². The van der Waals surface area contributed by atoms with Crippen molar-refractivity contribution in [3.63, 3.8) is 0 Å². The van der Waals surface area contributed by atoms with E-state index in [4.69, 9.17) is 4.74 Å². The zero-order valence-electron chi connectivity index (χ0n) is 17.8. The van der Waals surface area contributed by atoms with Crippen molar-refractivity contribution >= 4 is 16.9 Å². The van der Waals surface area contributed by atoms with E-state index in [0.29, 0.717) is 25.3 Å². The van der Waals surface area contributed by atoms with Gasteiger partial charge in [0.1, 0.15) is 12.4 Å². The number of amides is 1. The Morgan fingerprint density at radius 2 is 1.81 bits per heavy atom. The van der Waals surface area contributed by atoms with Crippen LogP contribution >= 0.6 is 0 Å². The average molecular weight is 420 g/mol. The number of nitrogens with one attached hydrogen (secondary N) is 1. The lowest BCUT2D eigenvalue weighted by Crippen LogP contribution is -2.48. The Hall–Kier alpha value is -2.74. The molecule has 1 saturated heterocycles. The van der Waals surface area contributed by atoms with Crippen LogP contribution in [0.15, 0.2) is 48.5 Å². The number of hydrogen-bond donors (Lipinski definition) is 1. The molecule has 0 radical (unpaired) electrons. The number of benzene rings is 2. The summed E-state index contributed by atoms with van der Waals surface area (Å²) in [6, 6.07) is 16.4. The standard InChI is InChI=1S/C24H29N5O2/c30-24(20-6-7-22-21(16-20)26-23-18-31-15-14-29(22)23)25-8-9-27-10-12-28(13-11-27)17-19-4-2-1-3-5-19/h1-7,16H,8-15,17-18H2,(H,25,30). The summed E-state index contributed by atoms with van der Waals surface area (Å²) >= 11 is 0. The van der Waals surface area contributed by atoms with E-state index in [9.17, 15) is 4.79 Å². The van der Waals surface area contributed by atoms with Crippen molar-refractivity contribution in [1.29, 1.82) is 0 Å². The molecule has 3 heterocycles. The highest BCUT2D eigenvalue weighted by Gasteiger charge is 2.18. The average Bonchev–Trinajstić information content (AvgIpc) is 3.19. The van der Waals surface area contributed by atoms with Gasteiger partial charge in [-0.2, -0.15) is 0 Å². The molecule has 2 aliphatic heterocycles. The van der Waals surface area contributed by atoms with Gasteiger partial charge in [0.2, 0.25) is 0 Å². The first-order valence-corrected chi connectivity index (χ1v) is 11.1. The quantitative estimate of drug-likeness (QED) is 0.663. The van der Waals surface area contributed by atoms with Crippen molar-refractivity contribution in [3.8, 4) is 0 Å². The van der Waals surface area contributed by atoms with Gasteiger partial charge in [0.05, 0.1) is 17.6 Å². The number of fused-ring (bicyclic) bond motifs is 3. The number of imidazole rings is 1. The highest BCUT2D eigenvalue weighted by Crippen LogP contribution is 2.21. The lowest BCUT2D eigenvalue weighted by Gasteiger charge is -2.34. The van der Waals surface area contributed by atoms with E-state index in [1.54, 1.807) is 0 Å². The lowest BCUT2D eigenvalue weighted by atomic mass is 10.2. The van der Waals surface area contributed by atoms with Crippen LogP contribution in [0.25, 0.3) is 11.0 Å². The van der Waals surface area contributed by atoms with Crippen LogP contribution in [-0.2, 0) is 24.4 Å². The van der Waals surface area contributed by atoms with Crippen LogP contribution in [-0.4, -0.2) is 71.1 Å². The van der Waals surface area contributed by atoms with Gasteiger partial charge < -0.3 is 14.6 Å². The third-order valence-corrected chi connectivity index (χ3v) is 6.21. The van der Waals surface area contributed by atoms with Gasteiger partial charge in [-0.25, -0.2) is 4.98 Å². The van der Waals surface area contributed by atoms with E-state index in [1.807, 2.05) is 18.2 Å². The molecule has 2 aromatic carbocycles. The highest BCUT2D eigenvalue weighted by atomic mass is 16.5. The fourth-order valence-corrected chi connectivity index (χ4v) is 4.44. The minimum Gasteiger partial charge on any atom is -0.372 e. The van der Waals surface area contributed by atoms with Crippen molar-refractivity contribution in [1.82, 2.24) is 24.7 Å². The van der Waals surface area contributed by atoms with Crippen molar-refractivity contribution in [2.45, 2.75) is 19.7 Å². The molecular weight excluding hydrogens is 390 g/mol. The number of aromatic nitrogens is 2. The number of nitrogens with zero attached hydrogens (tertiary/aromatic N) is 4. The van der Waals surface area contributed by atoms with E-state index in [1.165, 1.54) is 5.56 Å². The van der Waals surface area contributed by atoms with Crippen molar-refractivity contribution < 1.29 is 9.53 Å². The predicted octanol–water partition coefficient (Wildman–Crippen LogP) is 2.11. The van der Waals surface area contributed by atoms with Gasteiger partial charge in [-0.15, -0.1) is 0 Å². The summed E-state index contributed by atoms with van der Waals surface area (Å²) < 4.78 is 7.66. The van der Waals surface area contributed by atoms with Gasteiger partial charge >= 0.3 is 0 Å². The Morgan fingerprint density at radius 3 is 2.65 bits per heavy atom. The van der Waals surface area contributed by atoms with E-state index >= 15 is 0 Å². The number of ether oxygens (including phenoxy) is 1. The molecule has 1 fully saturated rings. The minimum absolute atomic E-state index is 0.0353. The maximum absolute atomic E-state index is 12.6. The molecule has 0 spiro atoms. The third-order valence-electron chi connectivity index (χ3n) is 6.21. The molecule has 7 nitrogen and oxygen atoms in total. The molecule has 162 valence electrons. The van der Waals surface area contributed by atoms with E-state index in [-0.39, 0.29) is 5.91 Å². The van der Waals surface area contributed by atoms with Crippen LogP contribution in [0, 0.1) is 0 Å². The number of carbonyl (C=O) groups excluding carboxylic acids is 1. The minimum atomic E-state index is -0.0353. The molecule has 3 aromatic rings. The second kappa shape index (κ2) is 9.18. The highest BCUT2D eigenvalue weighted by molar-refractivity contribution is 5.97. The van der Waals surface area contributed by atoms with Crippen LogP contribution < -0.4 is 5.32 Å². The van der Waals surface area contributed by atoms with Gasteiger partial charge in [0.15, 0.2) is 0 Å². The van der Waals surface area contributed by atoms with Gasteiger partial charge in [0, 0.05) is 57.9 Å². The van der Waals surface area contributed by atoms with Gasteiger partial charge in [-0.1, -0.05) is 30.3 Å². The molecule has 0 aliphatic carbocycles. The Morgan fingerprint density at radius 1 is 1.00 bits per heavy atom. The Bertz CT molecular complexity index is 1040. The van der Waals surface area contributed by atoms with Crippen molar-refractivity contribution in [2.24, 2.45) is 0 Å². The second-order valence-corrected chi connectivity index (χ2v) is 8.30. The smallest absolute Gasteiger partial charge is 0.251 e. The molecule has 0 atom stereocenters. The normalized spacial score (nSPS) is 17.5. The zero-order valence-corrected chi connectivity index (χ0v) is 17.8. The SMILES string of the molecule is O=C(NCCN1CCN(Cc2ccccc2)CC1)c1ccc2c(c1)nc1n2CCOC1. The van der Waals surface area contributed by atoms with Crippen LogP contribution in [0.4, 0.5) is 0 Å². The van der Waals surface area contributed by atoms with E-state index in [2.05, 4.69) is 55.0 Å². The summed E-state index contributed by atoms with van der Waals surface area (Å²) in [6.07, 6.45) is 0. The van der Waals surface area contributed by atoms with Crippen molar-refractivity contribution in [3.05, 3.63) is 65.5 Å². The van der Waals surface area contributed by atoms with Crippen molar-refractivity contribution in [2.75, 3.05) is 45.9 Å². The Balaban J connectivity index is 1.09. The molecule has 0 unspecified atom stereocenters. The van der Waals surface area contributed by atoms with Crippen LogP contribution in [0.2, 0.25) is 0 Å². The summed E-state index contributed by atoms with van der Waals surface area (Å²) in [7, 11) is 0. The lowest BCUT2D eigenvalue weighted by molar-refractivity contribution is 0.0830. The van der Waals surface area contributed by atoms with Gasteiger partial charge in [-0.3, -0.25) is 14.6 Å². The summed E-state index contributed by atoms with van der Waals surface area (Å²) in [6.45, 7) is 8.81. The molecule has 7 heteroatoms. The van der Waals surface area contributed by atoms with Crippen LogP contribution in [0.1, 0.15) is 21.7 Å². The topological polar surface area (TPSA) is 62.6 Å². The Kier molecular flexibility index (Phi) is 5.97. The summed E-state index contributed by atoms with van der Waals surface area (Å²) in [4.78, 5) is 22.2. The molecule has 31 heavy (non-hydrogen) atoms. The molecule has 5 rings (SSSR count). The molecule has 1 N–H and O–H groups in total. The van der Waals surface area contributed by atoms with Crippen LogP contribution in [0.3, 0.4) is 0 Å². The second-order valence-electron chi connectivity index (χ2n) is 8.30. The maximum atomic E-state index is 12.6. The summed E-state index contributed by atoms with van der Waals surface area (Å²) in [5.74, 6) is 0.900. The first-order valence-electron chi connectivity index (χ1n) is 11.1. The number of piperazine rings is 1. The summed E-state index contributed by atoms with van der Waals surface area (Å²) in [5, 5.41) is 3.07. The maximum Gasteiger partial charge on any atom is 0.251 e. The zero-order chi connectivity index (χ0) is 21.0. The molecule has 1 aromatic heterocycles. The number of rotatable bonds is 6. The molecule has 2 aliphatic rings. The van der Waals surface area contributed by atoms with E-state index in [0.717, 1.165) is 62.7 Å². The summed E-state index contributed by atoms with van der Waals surface area (Å²) in [5.41, 5.74) is 3.97. The number of carbonyl (C=O) groups is 1. The van der Waals surface area contributed by atoms with E-state index < -0.39 is 0 Å². The molecule has 1 amide bonds. The third kappa shape index (κ3) is 4.63. The molecular formula is C24H29N5O2. The van der Waals surface area contributed by atoms with Gasteiger partial charge in [0.25, 0.3) is 5.91 Å². The molecule has 0 saturated carbocycles. The molecule has 0 bridgehead atoms. The largest absolute Gasteiger partial charge is 0.372 e. The Labute approximate surface area is 182 Å². The number of hydrogen-bond acceptors (Lipinski definition) is 5. The first kappa shape index (κ1) is 20.2. The van der Waals surface area contributed by atoms with Crippen LogP contribution in [0.5, 0.6) is 0 Å². The fourth-order valence-electron chi connectivity index (χ4n) is 4.44.